The molecule has 4 heteroatoms. The molecule has 0 heterocycles. The van der Waals surface area contributed by atoms with E-state index in [0.717, 1.165) is 76.0 Å². The molecule has 0 radical (unpaired) electrons. The molecule has 210 valence electrons. The number of hydrogen-bond donors (Lipinski definition) is 0. The third-order valence-electron chi connectivity index (χ3n) is 8.63. The highest BCUT2D eigenvalue weighted by molar-refractivity contribution is 5.75. The zero-order valence-electron chi connectivity index (χ0n) is 24.2. The van der Waals surface area contributed by atoms with Gasteiger partial charge in [0.2, 0.25) is 0 Å². The van der Waals surface area contributed by atoms with Crippen molar-refractivity contribution in [3.05, 3.63) is 0 Å². The van der Waals surface area contributed by atoms with Crippen LogP contribution in [0.1, 0.15) is 143 Å². The van der Waals surface area contributed by atoms with Crippen LogP contribution in [0.25, 0.3) is 0 Å². The van der Waals surface area contributed by atoms with Crippen LogP contribution < -0.4 is 0 Å². The summed E-state index contributed by atoms with van der Waals surface area (Å²) in [6, 6.07) is 0. The Kier molecular flexibility index (Phi) is 15.8. The van der Waals surface area contributed by atoms with E-state index < -0.39 is 0 Å². The molecule has 2 saturated carbocycles. The monoisotopic (exact) mass is 506 g/mol. The first kappa shape index (κ1) is 31.2. The van der Waals surface area contributed by atoms with Gasteiger partial charge < -0.3 is 9.47 Å². The predicted octanol–water partition coefficient (Wildman–Crippen LogP) is 8.90. The Balaban J connectivity index is 1.78. The van der Waals surface area contributed by atoms with Crippen LogP contribution in [0.4, 0.5) is 0 Å². The fraction of sp³-hybridized carbons (Fsp3) is 0.938. The normalized spacial score (nSPS) is 24.7. The summed E-state index contributed by atoms with van der Waals surface area (Å²) >= 11 is 0. The minimum Gasteiger partial charge on any atom is -0.465 e. The number of carbonyl (C=O) groups excluding carboxylic acids is 2. The van der Waals surface area contributed by atoms with Crippen molar-refractivity contribution >= 4 is 11.9 Å². The Bertz CT molecular complexity index is 547. The van der Waals surface area contributed by atoms with Crippen LogP contribution in [0.15, 0.2) is 0 Å². The van der Waals surface area contributed by atoms with Gasteiger partial charge in [-0.25, -0.2) is 0 Å². The molecule has 2 aliphatic carbocycles. The molecule has 0 N–H and O–H groups in total. The smallest absolute Gasteiger partial charge is 0.309 e. The molecular formula is C32H58O4. The second kappa shape index (κ2) is 18.2. The van der Waals surface area contributed by atoms with Crippen molar-refractivity contribution in [2.24, 2.45) is 35.5 Å². The molecule has 0 aromatic heterocycles. The van der Waals surface area contributed by atoms with E-state index in [-0.39, 0.29) is 35.6 Å². The van der Waals surface area contributed by atoms with Gasteiger partial charge in [-0.1, -0.05) is 105 Å². The third-order valence-corrected chi connectivity index (χ3v) is 8.63. The van der Waals surface area contributed by atoms with Crippen LogP contribution in [0.5, 0.6) is 0 Å². The molecule has 36 heavy (non-hydrogen) atoms. The van der Waals surface area contributed by atoms with Crippen molar-refractivity contribution in [2.75, 3.05) is 13.2 Å². The summed E-state index contributed by atoms with van der Waals surface area (Å²) in [6.07, 6.45) is 20.3. The molecule has 0 bridgehead atoms. The van der Waals surface area contributed by atoms with Crippen molar-refractivity contribution in [3.63, 3.8) is 0 Å². The maximum absolute atomic E-state index is 13.1. The quantitative estimate of drug-likeness (QED) is 0.146. The molecular weight excluding hydrogens is 448 g/mol. The largest absolute Gasteiger partial charge is 0.465 e. The molecule has 0 aromatic rings. The van der Waals surface area contributed by atoms with Gasteiger partial charge in [0.25, 0.3) is 0 Å². The van der Waals surface area contributed by atoms with Gasteiger partial charge in [0, 0.05) is 0 Å². The van der Waals surface area contributed by atoms with Crippen LogP contribution in [-0.4, -0.2) is 25.2 Å². The molecule has 4 atom stereocenters. The Morgan fingerprint density at radius 1 is 0.556 bits per heavy atom. The van der Waals surface area contributed by atoms with E-state index in [4.69, 9.17) is 9.47 Å². The van der Waals surface area contributed by atoms with Gasteiger partial charge in [0.1, 0.15) is 0 Å². The first-order chi connectivity index (χ1) is 17.4. The molecule has 0 aliphatic heterocycles. The molecule has 0 amide bonds. The summed E-state index contributed by atoms with van der Waals surface area (Å²) in [5.74, 6) is 2.05. The number of esters is 2. The van der Waals surface area contributed by atoms with Gasteiger partial charge in [-0.3, -0.25) is 9.59 Å². The summed E-state index contributed by atoms with van der Waals surface area (Å²) < 4.78 is 11.6. The van der Waals surface area contributed by atoms with E-state index in [2.05, 4.69) is 27.7 Å². The zero-order valence-corrected chi connectivity index (χ0v) is 24.2. The Hall–Kier alpha value is -1.06. The van der Waals surface area contributed by atoms with Gasteiger partial charge in [0.05, 0.1) is 25.0 Å². The Labute approximate surface area is 223 Å². The van der Waals surface area contributed by atoms with Crippen molar-refractivity contribution in [1.29, 1.82) is 0 Å². The average Bonchev–Trinajstić information content (AvgIpc) is 2.87. The van der Waals surface area contributed by atoms with Crippen molar-refractivity contribution in [3.8, 4) is 0 Å². The molecule has 4 unspecified atom stereocenters. The summed E-state index contributed by atoms with van der Waals surface area (Å²) in [6.45, 7) is 10.2. The number of carbonyl (C=O) groups is 2. The second-order valence-corrected chi connectivity index (χ2v) is 12.6. The van der Waals surface area contributed by atoms with E-state index >= 15 is 0 Å². The highest BCUT2D eigenvalue weighted by Gasteiger charge is 2.43. The number of ether oxygens (including phenoxy) is 2. The van der Waals surface area contributed by atoms with Crippen molar-refractivity contribution in [1.82, 2.24) is 0 Å². The van der Waals surface area contributed by atoms with Crippen LogP contribution in [0.3, 0.4) is 0 Å². The van der Waals surface area contributed by atoms with Gasteiger partial charge in [0.15, 0.2) is 0 Å². The SMILES string of the molecule is CC(C)CCCCCCOC(=O)C1CCCCC1C1CCCCC1C(=O)OCCCCCCC(C)C. The summed E-state index contributed by atoms with van der Waals surface area (Å²) in [5.41, 5.74) is 0. The lowest BCUT2D eigenvalue weighted by Gasteiger charge is -2.41. The fourth-order valence-corrected chi connectivity index (χ4v) is 6.51. The number of rotatable bonds is 17. The Morgan fingerprint density at radius 2 is 0.917 bits per heavy atom. The topological polar surface area (TPSA) is 52.6 Å². The van der Waals surface area contributed by atoms with Gasteiger partial charge in [-0.15, -0.1) is 0 Å². The molecule has 0 spiro atoms. The maximum Gasteiger partial charge on any atom is 0.309 e. The Morgan fingerprint density at radius 3 is 1.31 bits per heavy atom. The molecule has 2 fully saturated rings. The van der Waals surface area contributed by atoms with Crippen molar-refractivity contribution in [2.45, 2.75) is 143 Å². The molecule has 0 saturated heterocycles. The summed E-state index contributed by atoms with van der Waals surface area (Å²) in [7, 11) is 0. The van der Waals surface area contributed by atoms with E-state index in [9.17, 15) is 9.59 Å². The first-order valence-corrected chi connectivity index (χ1v) is 15.7. The second-order valence-electron chi connectivity index (χ2n) is 12.6. The maximum atomic E-state index is 13.1. The highest BCUT2D eigenvalue weighted by Crippen LogP contribution is 2.45. The minimum absolute atomic E-state index is 0.000897. The molecule has 2 aliphatic rings. The average molecular weight is 507 g/mol. The van der Waals surface area contributed by atoms with Crippen LogP contribution in [0, 0.1) is 35.5 Å². The zero-order chi connectivity index (χ0) is 26.2. The van der Waals surface area contributed by atoms with E-state index in [1.54, 1.807) is 0 Å². The minimum atomic E-state index is -0.0287. The van der Waals surface area contributed by atoms with Gasteiger partial charge >= 0.3 is 11.9 Å². The third kappa shape index (κ3) is 12.0. The highest BCUT2D eigenvalue weighted by atomic mass is 16.5. The summed E-state index contributed by atoms with van der Waals surface area (Å²) in [5, 5.41) is 0. The van der Waals surface area contributed by atoms with Crippen LogP contribution in [-0.2, 0) is 19.1 Å². The van der Waals surface area contributed by atoms with Gasteiger partial charge in [-0.2, -0.15) is 0 Å². The lowest BCUT2D eigenvalue weighted by Crippen LogP contribution is -2.40. The fourth-order valence-electron chi connectivity index (χ4n) is 6.51. The lowest BCUT2D eigenvalue weighted by molar-refractivity contribution is -0.159. The first-order valence-electron chi connectivity index (χ1n) is 15.7. The predicted molar refractivity (Wildman–Crippen MR) is 149 cm³/mol. The van der Waals surface area contributed by atoms with Gasteiger partial charge in [-0.05, 0) is 62.2 Å². The van der Waals surface area contributed by atoms with E-state index in [1.165, 1.54) is 51.4 Å². The van der Waals surface area contributed by atoms with E-state index in [0.29, 0.717) is 13.2 Å². The van der Waals surface area contributed by atoms with Crippen LogP contribution >= 0.6 is 0 Å². The molecule has 0 aromatic carbocycles. The van der Waals surface area contributed by atoms with E-state index in [1.807, 2.05) is 0 Å². The standard InChI is InChI=1S/C32H58O4/c1-25(2)17-9-5-7-15-23-35-31(33)29-21-13-11-19-27(29)28-20-12-14-22-30(28)32(34)36-24-16-8-6-10-18-26(3)4/h25-30H,5-24H2,1-4H3. The summed E-state index contributed by atoms with van der Waals surface area (Å²) in [4.78, 5) is 26.2. The van der Waals surface area contributed by atoms with Crippen molar-refractivity contribution < 1.29 is 19.1 Å². The molecule has 4 nitrogen and oxygen atoms in total. The lowest BCUT2D eigenvalue weighted by atomic mass is 9.64. The van der Waals surface area contributed by atoms with Crippen LogP contribution in [0.2, 0.25) is 0 Å². The number of unbranched alkanes of at least 4 members (excludes halogenated alkanes) is 6. The number of hydrogen-bond acceptors (Lipinski definition) is 4. The molecule has 2 rings (SSSR count).